The van der Waals surface area contributed by atoms with Crippen LogP contribution in [0.2, 0.25) is 0 Å². The summed E-state index contributed by atoms with van der Waals surface area (Å²) in [6.45, 7) is 2.38. The molecule has 2 amide bonds. The third kappa shape index (κ3) is 4.04. The topological polar surface area (TPSA) is 76.7 Å². The van der Waals surface area contributed by atoms with Gasteiger partial charge in [0.25, 0.3) is 11.8 Å². The summed E-state index contributed by atoms with van der Waals surface area (Å²) < 4.78 is 10.4. The molecule has 0 aromatic heterocycles. The fourth-order valence-corrected chi connectivity index (χ4v) is 2.19. The Labute approximate surface area is 140 Å². The lowest BCUT2D eigenvalue weighted by molar-refractivity contribution is 0.0954. The van der Waals surface area contributed by atoms with Crippen molar-refractivity contribution in [3.05, 3.63) is 53.6 Å². The fourth-order valence-electron chi connectivity index (χ4n) is 2.19. The van der Waals surface area contributed by atoms with Crippen LogP contribution in [0.5, 0.6) is 11.5 Å². The van der Waals surface area contributed by atoms with Crippen LogP contribution in [0.3, 0.4) is 0 Å². The van der Waals surface area contributed by atoms with E-state index in [1.807, 2.05) is 6.92 Å². The predicted octanol–water partition coefficient (Wildman–Crippen LogP) is 2.71. The Morgan fingerprint density at radius 1 is 1.00 bits per heavy atom. The van der Waals surface area contributed by atoms with Gasteiger partial charge in [-0.05, 0) is 43.3 Å². The van der Waals surface area contributed by atoms with Gasteiger partial charge in [-0.3, -0.25) is 9.59 Å². The molecule has 0 saturated heterocycles. The van der Waals surface area contributed by atoms with Gasteiger partial charge >= 0.3 is 0 Å². The molecule has 0 atom stereocenters. The smallest absolute Gasteiger partial charge is 0.259 e. The number of methoxy groups -OCH3 is 2. The number of hydrogen-bond acceptors (Lipinski definition) is 4. The maximum atomic E-state index is 12.5. The van der Waals surface area contributed by atoms with Gasteiger partial charge in [0.05, 0.1) is 19.8 Å². The van der Waals surface area contributed by atoms with Crippen LogP contribution in [-0.4, -0.2) is 32.6 Å². The molecule has 0 fully saturated rings. The molecule has 0 heterocycles. The standard InChI is InChI=1S/C18H20N2O4/c1-4-19-17(21)12-6-5-7-13(10-12)20-18(22)15-11-14(23-2)8-9-16(15)24-3/h5-11H,4H2,1-3H3,(H,19,21)(H,20,22). The van der Waals surface area contributed by atoms with Gasteiger partial charge in [-0.2, -0.15) is 0 Å². The highest BCUT2D eigenvalue weighted by Crippen LogP contribution is 2.25. The molecule has 0 aliphatic heterocycles. The highest BCUT2D eigenvalue weighted by atomic mass is 16.5. The van der Waals surface area contributed by atoms with Gasteiger partial charge in [-0.1, -0.05) is 6.07 Å². The first-order valence-electron chi connectivity index (χ1n) is 7.50. The van der Waals surface area contributed by atoms with Gasteiger partial charge in [0.15, 0.2) is 0 Å². The van der Waals surface area contributed by atoms with Gasteiger partial charge in [0, 0.05) is 17.8 Å². The second-order valence-electron chi connectivity index (χ2n) is 4.96. The van der Waals surface area contributed by atoms with Crippen LogP contribution >= 0.6 is 0 Å². The van der Waals surface area contributed by atoms with Gasteiger partial charge in [0.2, 0.25) is 0 Å². The molecule has 2 rings (SSSR count). The van der Waals surface area contributed by atoms with Crippen molar-refractivity contribution in [1.82, 2.24) is 5.32 Å². The van der Waals surface area contributed by atoms with Crippen LogP contribution < -0.4 is 20.1 Å². The Morgan fingerprint density at radius 3 is 2.46 bits per heavy atom. The van der Waals surface area contributed by atoms with E-state index >= 15 is 0 Å². The van der Waals surface area contributed by atoms with Crippen LogP contribution in [-0.2, 0) is 0 Å². The highest BCUT2D eigenvalue weighted by Gasteiger charge is 2.14. The third-order valence-corrected chi connectivity index (χ3v) is 3.37. The SMILES string of the molecule is CCNC(=O)c1cccc(NC(=O)c2cc(OC)ccc2OC)c1. The number of hydrogen-bond donors (Lipinski definition) is 2. The lowest BCUT2D eigenvalue weighted by Gasteiger charge is -2.11. The van der Waals surface area contributed by atoms with E-state index in [4.69, 9.17) is 9.47 Å². The van der Waals surface area contributed by atoms with Gasteiger partial charge in [-0.15, -0.1) is 0 Å². The quantitative estimate of drug-likeness (QED) is 0.855. The number of carbonyl (C=O) groups is 2. The molecule has 6 heteroatoms. The average molecular weight is 328 g/mol. The summed E-state index contributed by atoms with van der Waals surface area (Å²) in [4.78, 5) is 24.4. The minimum absolute atomic E-state index is 0.187. The maximum absolute atomic E-state index is 12.5. The molecular weight excluding hydrogens is 308 g/mol. The first kappa shape index (κ1) is 17.3. The molecule has 6 nitrogen and oxygen atoms in total. The summed E-state index contributed by atoms with van der Waals surface area (Å²) in [5, 5.41) is 5.49. The van der Waals surface area contributed by atoms with Crippen LogP contribution in [0.15, 0.2) is 42.5 Å². The number of ether oxygens (including phenoxy) is 2. The second kappa shape index (κ2) is 8.01. The van der Waals surface area contributed by atoms with E-state index in [0.717, 1.165) is 0 Å². The average Bonchev–Trinajstić information content (AvgIpc) is 2.61. The number of amides is 2. The maximum Gasteiger partial charge on any atom is 0.259 e. The van der Waals surface area contributed by atoms with Crippen molar-refractivity contribution in [1.29, 1.82) is 0 Å². The molecule has 0 bridgehead atoms. The summed E-state index contributed by atoms with van der Waals surface area (Å²) in [7, 11) is 3.02. The molecular formula is C18H20N2O4. The van der Waals surface area contributed by atoms with E-state index in [2.05, 4.69) is 10.6 Å². The normalized spacial score (nSPS) is 9.96. The first-order chi connectivity index (χ1) is 11.6. The molecule has 2 N–H and O–H groups in total. The van der Waals surface area contributed by atoms with Crippen LogP contribution in [0.1, 0.15) is 27.6 Å². The molecule has 0 spiro atoms. The number of carbonyl (C=O) groups excluding carboxylic acids is 2. The van der Waals surface area contributed by atoms with E-state index in [1.54, 1.807) is 42.5 Å². The molecule has 126 valence electrons. The minimum Gasteiger partial charge on any atom is -0.497 e. The van der Waals surface area contributed by atoms with Gasteiger partial charge in [0.1, 0.15) is 11.5 Å². The Kier molecular flexibility index (Phi) is 5.78. The van der Waals surface area contributed by atoms with E-state index in [9.17, 15) is 9.59 Å². The van der Waals surface area contributed by atoms with Crippen molar-refractivity contribution < 1.29 is 19.1 Å². The van der Waals surface area contributed by atoms with Crippen molar-refractivity contribution in [2.45, 2.75) is 6.92 Å². The summed E-state index contributed by atoms with van der Waals surface area (Å²) in [6.07, 6.45) is 0. The van der Waals surface area contributed by atoms with E-state index in [-0.39, 0.29) is 11.8 Å². The van der Waals surface area contributed by atoms with Crippen molar-refractivity contribution >= 4 is 17.5 Å². The molecule has 2 aromatic rings. The van der Waals surface area contributed by atoms with Gasteiger partial charge < -0.3 is 20.1 Å². The van der Waals surface area contributed by atoms with Crippen molar-refractivity contribution in [3.8, 4) is 11.5 Å². The Morgan fingerprint density at radius 2 is 1.79 bits per heavy atom. The fraction of sp³-hybridized carbons (Fsp3) is 0.222. The van der Waals surface area contributed by atoms with E-state index in [0.29, 0.717) is 34.9 Å². The Bertz CT molecular complexity index is 744. The number of rotatable bonds is 6. The van der Waals surface area contributed by atoms with Crippen molar-refractivity contribution in [3.63, 3.8) is 0 Å². The molecule has 24 heavy (non-hydrogen) atoms. The van der Waals surface area contributed by atoms with Crippen molar-refractivity contribution in [2.75, 3.05) is 26.1 Å². The number of nitrogens with one attached hydrogen (secondary N) is 2. The van der Waals surface area contributed by atoms with Gasteiger partial charge in [-0.25, -0.2) is 0 Å². The monoisotopic (exact) mass is 328 g/mol. The van der Waals surface area contributed by atoms with E-state index < -0.39 is 0 Å². The summed E-state index contributed by atoms with van der Waals surface area (Å²) in [5.74, 6) is 0.455. The Balaban J connectivity index is 2.24. The molecule has 0 aliphatic rings. The lowest BCUT2D eigenvalue weighted by atomic mass is 10.1. The summed E-state index contributed by atoms with van der Waals surface area (Å²) in [5.41, 5.74) is 1.35. The van der Waals surface area contributed by atoms with E-state index in [1.165, 1.54) is 14.2 Å². The Hall–Kier alpha value is -3.02. The van der Waals surface area contributed by atoms with Crippen molar-refractivity contribution in [2.24, 2.45) is 0 Å². The first-order valence-corrected chi connectivity index (χ1v) is 7.50. The zero-order valence-corrected chi connectivity index (χ0v) is 13.9. The number of anilines is 1. The largest absolute Gasteiger partial charge is 0.497 e. The lowest BCUT2D eigenvalue weighted by Crippen LogP contribution is -2.22. The second-order valence-corrected chi connectivity index (χ2v) is 4.96. The third-order valence-electron chi connectivity index (χ3n) is 3.37. The van der Waals surface area contributed by atoms with Crippen LogP contribution in [0.4, 0.5) is 5.69 Å². The molecule has 0 saturated carbocycles. The molecule has 0 aliphatic carbocycles. The molecule has 2 aromatic carbocycles. The summed E-state index contributed by atoms with van der Waals surface area (Å²) in [6, 6.07) is 11.7. The summed E-state index contributed by atoms with van der Waals surface area (Å²) >= 11 is 0. The minimum atomic E-state index is -0.348. The molecule has 0 unspecified atom stereocenters. The van der Waals surface area contributed by atoms with Crippen LogP contribution in [0.25, 0.3) is 0 Å². The zero-order valence-electron chi connectivity index (χ0n) is 13.9. The van der Waals surface area contributed by atoms with Crippen LogP contribution in [0, 0.1) is 0 Å². The molecule has 0 radical (unpaired) electrons. The predicted molar refractivity (Wildman–Crippen MR) is 91.9 cm³/mol. The number of benzene rings is 2. The zero-order chi connectivity index (χ0) is 17.5. The highest BCUT2D eigenvalue weighted by molar-refractivity contribution is 6.07.